The van der Waals surface area contributed by atoms with Crippen molar-refractivity contribution >= 4 is 11.7 Å². The number of rotatable bonds is 6. The fourth-order valence-corrected chi connectivity index (χ4v) is 4.30. The number of amides is 1. The van der Waals surface area contributed by atoms with Crippen LogP contribution in [0.2, 0.25) is 0 Å². The van der Waals surface area contributed by atoms with Gasteiger partial charge in [-0.05, 0) is 59.9 Å². The van der Waals surface area contributed by atoms with E-state index in [0.29, 0.717) is 23.2 Å². The topological polar surface area (TPSA) is 84.3 Å². The van der Waals surface area contributed by atoms with E-state index in [-0.39, 0.29) is 29.7 Å². The van der Waals surface area contributed by atoms with Crippen molar-refractivity contribution < 1.29 is 19.0 Å². The van der Waals surface area contributed by atoms with Crippen molar-refractivity contribution in [3.8, 4) is 17.0 Å². The molecule has 7 heteroatoms. The van der Waals surface area contributed by atoms with Crippen LogP contribution in [-0.4, -0.2) is 28.1 Å². The first kappa shape index (κ1) is 22.7. The van der Waals surface area contributed by atoms with Gasteiger partial charge in [-0.15, -0.1) is 0 Å². The molecule has 176 valence electrons. The van der Waals surface area contributed by atoms with Crippen molar-refractivity contribution in [2.75, 3.05) is 12.4 Å². The van der Waals surface area contributed by atoms with Crippen molar-refractivity contribution in [1.29, 1.82) is 0 Å². The molecule has 1 aromatic heterocycles. The van der Waals surface area contributed by atoms with Crippen molar-refractivity contribution in [2.45, 2.75) is 25.4 Å². The molecule has 1 aliphatic rings. The van der Waals surface area contributed by atoms with Crippen molar-refractivity contribution in [3.05, 3.63) is 107 Å². The SMILES string of the molecule is COc1ccc2c(c1)CCc1nc(NC(=O)Cc3ccc(F)cc3)c(C(O)c3ccccc3)nc1-2. The molecule has 0 aliphatic heterocycles. The molecule has 0 radical (unpaired) electrons. The van der Waals surface area contributed by atoms with E-state index in [1.807, 2.05) is 36.4 Å². The summed E-state index contributed by atoms with van der Waals surface area (Å²) in [7, 11) is 1.63. The van der Waals surface area contributed by atoms with Crippen LogP contribution in [0.4, 0.5) is 10.2 Å². The smallest absolute Gasteiger partial charge is 0.229 e. The Hall–Kier alpha value is -4.10. The van der Waals surface area contributed by atoms with E-state index in [9.17, 15) is 14.3 Å². The summed E-state index contributed by atoms with van der Waals surface area (Å²) in [5, 5.41) is 14.1. The average Bonchev–Trinajstić information content (AvgIpc) is 2.89. The summed E-state index contributed by atoms with van der Waals surface area (Å²) in [6, 6.07) is 20.7. The number of nitrogens with zero attached hydrogens (tertiary/aromatic N) is 2. The van der Waals surface area contributed by atoms with Gasteiger partial charge in [-0.3, -0.25) is 4.79 Å². The highest BCUT2D eigenvalue weighted by Gasteiger charge is 2.26. The van der Waals surface area contributed by atoms with E-state index in [1.54, 1.807) is 31.4 Å². The number of fused-ring (bicyclic) bond motifs is 3. The molecule has 6 nitrogen and oxygen atoms in total. The highest BCUT2D eigenvalue weighted by atomic mass is 19.1. The van der Waals surface area contributed by atoms with Gasteiger partial charge in [0.05, 0.1) is 24.9 Å². The second-order valence-corrected chi connectivity index (χ2v) is 8.44. The molecule has 1 unspecified atom stereocenters. The van der Waals surface area contributed by atoms with Crippen LogP contribution in [0.5, 0.6) is 5.75 Å². The Labute approximate surface area is 202 Å². The number of aromatic nitrogens is 2. The molecule has 35 heavy (non-hydrogen) atoms. The number of carbonyl (C=O) groups is 1. The Balaban J connectivity index is 1.54. The summed E-state index contributed by atoms with van der Waals surface area (Å²) in [4.78, 5) is 22.4. The fraction of sp³-hybridized carbons (Fsp3) is 0.179. The first-order chi connectivity index (χ1) is 17.0. The standard InChI is InChI=1S/C28H24FN3O3/c1-35-21-12-13-22-19(16-21)9-14-23-25(22)32-26(27(34)18-5-3-2-4-6-18)28(30-23)31-24(33)15-17-7-10-20(29)11-8-17/h2-8,10-13,16,27,34H,9,14-15H2,1H3,(H,30,31,33). The van der Waals surface area contributed by atoms with E-state index in [4.69, 9.17) is 14.7 Å². The Morgan fingerprint density at radius 2 is 1.83 bits per heavy atom. The number of halogens is 1. The van der Waals surface area contributed by atoms with E-state index in [1.165, 1.54) is 12.1 Å². The van der Waals surface area contributed by atoms with Gasteiger partial charge in [-0.1, -0.05) is 42.5 Å². The van der Waals surface area contributed by atoms with Crippen molar-refractivity contribution in [1.82, 2.24) is 9.97 Å². The van der Waals surface area contributed by atoms with Crippen LogP contribution in [0, 0.1) is 5.82 Å². The number of aliphatic hydroxyl groups excluding tert-OH is 1. The number of nitrogens with one attached hydrogen (secondary N) is 1. The van der Waals surface area contributed by atoms with E-state index >= 15 is 0 Å². The molecule has 0 bridgehead atoms. The number of ether oxygens (including phenoxy) is 1. The van der Waals surface area contributed by atoms with Crippen molar-refractivity contribution in [2.24, 2.45) is 0 Å². The minimum absolute atomic E-state index is 0.0442. The summed E-state index contributed by atoms with van der Waals surface area (Å²) in [6.07, 6.45) is 0.365. The van der Waals surface area contributed by atoms with E-state index in [2.05, 4.69) is 5.32 Å². The molecule has 5 rings (SSSR count). The lowest BCUT2D eigenvalue weighted by atomic mass is 9.91. The monoisotopic (exact) mass is 469 g/mol. The minimum Gasteiger partial charge on any atom is -0.497 e. The highest BCUT2D eigenvalue weighted by molar-refractivity contribution is 5.92. The van der Waals surface area contributed by atoms with Crippen LogP contribution in [-0.2, 0) is 24.1 Å². The highest BCUT2D eigenvalue weighted by Crippen LogP contribution is 2.36. The molecule has 2 N–H and O–H groups in total. The molecule has 0 saturated heterocycles. The zero-order chi connectivity index (χ0) is 24.4. The second-order valence-electron chi connectivity index (χ2n) is 8.44. The summed E-state index contributed by atoms with van der Waals surface area (Å²) in [5.74, 6) is 0.313. The maximum absolute atomic E-state index is 13.2. The lowest BCUT2D eigenvalue weighted by Crippen LogP contribution is -2.21. The molecule has 0 spiro atoms. The minimum atomic E-state index is -1.08. The summed E-state index contributed by atoms with van der Waals surface area (Å²) >= 11 is 0. The number of aryl methyl sites for hydroxylation is 2. The average molecular weight is 470 g/mol. The third-order valence-corrected chi connectivity index (χ3v) is 6.10. The zero-order valence-corrected chi connectivity index (χ0v) is 19.2. The van der Waals surface area contributed by atoms with Crippen LogP contribution in [0.25, 0.3) is 11.3 Å². The van der Waals surface area contributed by atoms with E-state index in [0.717, 1.165) is 29.0 Å². The van der Waals surface area contributed by atoms with Gasteiger partial charge in [0.1, 0.15) is 23.4 Å². The quantitative estimate of drug-likeness (QED) is 0.429. The first-order valence-electron chi connectivity index (χ1n) is 11.4. The number of carbonyl (C=O) groups excluding carboxylic acids is 1. The summed E-state index contributed by atoms with van der Waals surface area (Å²) < 4.78 is 18.6. The number of benzene rings is 3. The molecular formula is C28H24FN3O3. The molecule has 4 aromatic rings. The summed E-state index contributed by atoms with van der Waals surface area (Å²) in [6.45, 7) is 0. The number of hydrogen-bond acceptors (Lipinski definition) is 5. The summed E-state index contributed by atoms with van der Waals surface area (Å²) in [5.41, 5.74) is 5.05. The predicted molar refractivity (Wildman–Crippen MR) is 131 cm³/mol. The Kier molecular flexibility index (Phi) is 6.25. The van der Waals surface area contributed by atoms with Gasteiger partial charge in [-0.2, -0.15) is 0 Å². The largest absolute Gasteiger partial charge is 0.497 e. The lowest BCUT2D eigenvalue weighted by molar-refractivity contribution is -0.115. The van der Waals surface area contributed by atoms with Crippen LogP contribution < -0.4 is 10.1 Å². The Bertz CT molecular complexity index is 1370. The Morgan fingerprint density at radius 3 is 2.57 bits per heavy atom. The third-order valence-electron chi connectivity index (χ3n) is 6.10. The number of aliphatic hydroxyl groups is 1. The van der Waals surface area contributed by atoms with Gasteiger partial charge in [0.25, 0.3) is 0 Å². The van der Waals surface area contributed by atoms with Crippen LogP contribution >= 0.6 is 0 Å². The molecule has 0 saturated carbocycles. The Morgan fingerprint density at radius 1 is 1.06 bits per heavy atom. The van der Waals surface area contributed by atoms with Gasteiger partial charge in [0, 0.05) is 5.56 Å². The van der Waals surface area contributed by atoms with Gasteiger partial charge in [0.15, 0.2) is 5.82 Å². The van der Waals surface area contributed by atoms with Gasteiger partial charge < -0.3 is 15.2 Å². The molecule has 3 aromatic carbocycles. The number of methoxy groups -OCH3 is 1. The van der Waals surface area contributed by atoms with Crippen molar-refractivity contribution in [3.63, 3.8) is 0 Å². The predicted octanol–water partition coefficient (Wildman–Crippen LogP) is 4.65. The molecule has 1 amide bonds. The van der Waals surface area contributed by atoms with E-state index < -0.39 is 6.10 Å². The normalized spacial score (nSPS) is 12.9. The molecule has 1 aliphatic carbocycles. The fourth-order valence-electron chi connectivity index (χ4n) is 4.30. The van der Waals surface area contributed by atoms with Gasteiger partial charge >= 0.3 is 0 Å². The van der Waals surface area contributed by atoms with Gasteiger partial charge in [0.2, 0.25) is 5.91 Å². The van der Waals surface area contributed by atoms with Crippen LogP contribution in [0.1, 0.15) is 34.2 Å². The number of hydrogen-bond donors (Lipinski definition) is 2. The van der Waals surface area contributed by atoms with Crippen LogP contribution in [0.15, 0.2) is 72.8 Å². The number of anilines is 1. The molecular weight excluding hydrogens is 445 g/mol. The maximum Gasteiger partial charge on any atom is 0.229 e. The maximum atomic E-state index is 13.2. The third kappa shape index (κ3) is 4.76. The molecule has 1 atom stereocenters. The zero-order valence-electron chi connectivity index (χ0n) is 19.2. The van der Waals surface area contributed by atoms with Crippen LogP contribution in [0.3, 0.4) is 0 Å². The first-order valence-corrected chi connectivity index (χ1v) is 11.4. The van der Waals surface area contributed by atoms with Gasteiger partial charge in [-0.25, -0.2) is 14.4 Å². The molecule has 0 fully saturated rings. The molecule has 1 heterocycles. The second kappa shape index (κ2) is 9.64. The lowest BCUT2D eigenvalue weighted by Gasteiger charge is -2.23.